The molecule has 0 amide bonds. The Labute approximate surface area is 81.3 Å². The summed E-state index contributed by atoms with van der Waals surface area (Å²) in [5.41, 5.74) is 0.152. The fraction of sp³-hybridized carbons (Fsp3) is 0.286. The number of sulfonamides is 1. The smallest absolute Gasteiger partial charge is 0.339 e. The molecular formula is C7H10N2O4S. The average Bonchev–Trinajstić information content (AvgIpc) is 2.45. The largest absolute Gasteiger partial charge is 0.465 e. The lowest BCUT2D eigenvalue weighted by Crippen LogP contribution is -2.15. The molecule has 0 bridgehead atoms. The molecule has 0 spiro atoms. The van der Waals surface area contributed by atoms with Gasteiger partial charge in [0.25, 0.3) is 10.0 Å². The zero-order valence-electron chi connectivity index (χ0n) is 7.72. The summed E-state index contributed by atoms with van der Waals surface area (Å²) < 4.78 is 27.6. The number of carbonyl (C=O) groups is 1. The molecule has 1 heterocycles. The van der Waals surface area contributed by atoms with E-state index in [1.54, 1.807) is 0 Å². The maximum absolute atomic E-state index is 11.0. The Kier molecular flexibility index (Phi) is 2.63. The number of carbonyl (C=O) groups excluding carboxylic acids is 1. The van der Waals surface area contributed by atoms with Crippen LogP contribution in [0.5, 0.6) is 0 Å². The Morgan fingerprint density at radius 1 is 1.57 bits per heavy atom. The van der Waals surface area contributed by atoms with E-state index in [0.29, 0.717) is 0 Å². The monoisotopic (exact) mass is 218 g/mol. The third-order valence-corrected chi connectivity index (χ3v) is 2.66. The minimum atomic E-state index is -3.80. The van der Waals surface area contributed by atoms with E-state index in [-0.39, 0.29) is 10.6 Å². The number of nitrogens with two attached hydrogens (primary N) is 1. The molecule has 0 aliphatic carbocycles. The predicted molar refractivity (Wildman–Crippen MR) is 48.1 cm³/mol. The zero-order chi connectivity index (χ0) is 10.9. The molecule has 1 aromatic rings. The van der Waals surface area contributed by atoms with E-state index < -0.39 is 16.0 Å². The molecular weight excluding hydrogens is 208 g/mol. The fourth-order valence-electron chi connectivity index (χ4n) is 1.06. The highest BCUT2D eigenvalue weighted by Crippen LogP contribution is 2.12. The van der Waals surface area contributed by atoms with Crippen molar-refractivity contribution in [3.8, 4) is 0 Å². The van der Waals surface area contributed by atoms with Gasteiger partial charge >= 0.3 is 5.97 Å². The van der Waals surface area contributed by atoms with Crippen molar-refractivity contribution in [1.29, 1.82) is 0 Å². The predicted octanol–water partition coefficient (Wildman–Crippen LogP) is -0.541. The van der Waals surface area contributed by atoms with Crippen molar-refractivity contribution in [1.82, 2.24) is 4.57 Å². The summed E-state index contributed by atoms with van der Waals surface area (Å²) >= 11 is 0. The van der Waals surface area contributed by atoms with Crippen LogP contribution in [0.2, 0.25) is 0 Å². The SMILES string of the molecule is COC(=O)c1cc(S(N)(=O)=O)n(C)c1. The van der Waals surface area contributed by atoms with Gasteiger partial charge in [-0.2, -0.15) is 0 Å². The van der Waals surface area contributed by atoms with E-state index >= 15 is 0 Å². The quantitative estimate of drug-likeness (QED) is 0.675. The third-order valence-electron chi connectivity index (χ3n) is 1.67. The molecule has 7 heteroatoms. The van der Waals surface area contributed by atoms with E-state index in [1.165, 1.54) is 31.0 Å². The van der Waals surface area contributed by atoms with Gasteiger partial charge in [0.2, 0.25) is 0 Å². The Morgan fingerprint density at radius 2 is 2.14 bits per heavy atom. The van der Waals surface area contributed by atoms with Crippen molar-refractivity contribution in [3.05, 3.63) is 17.8 Å². The molecule has 1 aromatic heterocycles. The van der Waals surface area contributed by atoms with Crippen LogP contribution in [-0.2, 0) is 21.8 Å². The number of esters is 1. The first kappa shape index (κ1) is 10.7. The van der Waals surface area contributed by atoms with Crippen molar-refractivity contribution in [3.63, 3.8) is 0 Å². The molecule has 0 saturated carbocycles. The van der Waals surface area contributed by atoms with Crippen LogP contribution >= 0.6 is 0 Å². The van der Waals surface area contributed by atoms with Crippen molar-refractivity contribution in [2.24, 2.45) is 12.2 Å². The summed E-state index contributed by atoms with van der Waals surface area (Å²) in [5.74, 6) is -0.601. The minimum absolute atomic E-state index is 0.127. The number of rotatable bonds is 2. The Balaban J connectivity index is 3.25. The lowest BCUT2D eigenvalue weighted by atomic mass is 10.3. The normalized spacial score (nSPS) is 11.4. The Morgan fingerprint density at radius 3 is 2.50 bits per heavy atom. The van der Waals surface area contributed by atoms with E-state index in [2.05, 4.69) is 4.74 Å². The van der Waals surface area contributed by atoms with Gasteiger partial charge in [0.1, 0.15) is 0 Å². The number of methoxy groups -OCH3 is 1. The summed E-state index contributed by atoms with van der Waals surface area (Å²) in [6.07, 6.45) is 1.34. The zero-order valence-corrected chi connectivity index (χ0v) is 8.54. The average molecular weight is 218 g/mol. The van der Waals surface area contributed by atoms with Gasteiger partial charge in [-0.1, -0.05) is 0 Å². The molecule has 6 nitrogen and oxygen atoms in total. The van der Waals surface area contributed by atoms with E-state index in [1.807, 2.05) is 0 Å². The topological polar surface area (TPSA) is 91.4 Å². The number of ether oxygens (including phenoxy) is 1. The van der Waals surface area contributed by atoms with Crippen molar-refractivity contribution < 1.29 is 17.9 Å². The van der Waals surface area contributed by atoms with Crippen molar-refractivity contribution in [2.45, 2.75) is 5.03 Å². The maximum atomic E-state index is 11.0. The molecule has 1 rings (SSSR count). The molecule has 0 aliphatic rings. The van der Waals surface area contributed by atoms with Crippen LogP contribution in [0.15, 0.2) is 17.3 Å². The first-order valence-electron chi connectivity index (χ1n) is 3.63. The second-order valence-corrected chi connectivity index (χ2v) is 4.22. The first-order valence-corrected chi connectivity index (χ1v) is 5.18. The molecule has 0 fully saturated rings. The fourth-order valence-corrected chi connectivity index (χ4v) is 1.80. The minimum Gasteiger partial charge on any atom is -0.465 e. The van der Waals surface area contributed by atoms with Crippen LogP contribution in [0.1, 0.15) is 10.4 Å². The molecule has 0 unspecified atom stereocenters. The highest BCUT2D eigenvalue weighted by Gasteiger charge is 2.17. The lowest BCUT2D eigenvalue weighted by Gasteiger charge is -1.97. The van der Waals surface area contributed by atoms with E-state index in [0.717, 1.165) is 0 Å². The summed E-state index contributed by atoms with van der Waals surface area (Å²) in [6, 6.07) is 1.17. The van der Waals surface area contributed by atoms with Crippen LogP contribution < -0.4 is 5.14 Å². The number of primary sulfonamides is 1. The number of nitrogens with zero attached hydrogens (tertiary/aromatic N) is 1. The molecule has 0 atom stereocenters. The van der Waals surface area contributed by atoms with Crippen LogP contribution in [0.4, 0.5) is 0 Å². The van der Waals surface area contributed by atoms with Gasteiger partial charge in [-0.15, -0.1) is 0 Å². The highest BCUT2D eigenvalue weighted by atomic mass is 32.2. The van der Waals surface area contributed by atoms with E-state index in [9.17, 15) is 13.2 Å². The highest BCUT2D eigenvalue weighted by molar-refractivity contribution is 7.89. The Hall–Kier alpha value is -1.34. The van der Waals surface area contributed by atoms with Gasteiger partial charge in [0.15, 0.2) is 5.03 Å². The lowest BCUT2D eigenvalue weighted by molar-refractivity contribution is 0.0600. The molecule has 0 radical (unpaired) electrons. The summed E-state index contributed by atoms with van der Waals surface area (Å²) in [4.78, 5) is 11.0. The number of hydrogen-bond donors (Lipinski definition) is 1. The number of hydrogen-bond acceptors (Lipinski definition) is 4. The number of aryl methyl sites for hydroxylation is 1. The van der Waals surface area contributed by atoms with E-state index in [4.69, 9.17) is 5.14 Å². The standard InChI is InChI=1S/C7H10N2O4S/c1-9-4-5(7(10)13-2)3-6(9)14(8,11)12/h3-4H,1-2H3,(H2,8,11,12). The first-order chi connectivity index (χ1) is 6.36. The second kappa shape index (κ2) is 3.43. The molecule has 2 N–H and O–H groups in total. The molecule has 0 aromatic carbocycles. The molecule has 78 valence electrons. The molecule has 0 aliphatic heterocycles. The van der Waals surface area contributed by atoms with Gasteiger partial charge in [-0.25, -0.2) is 18.4 Å². The Bertz CT molecular complexity index is 460. The third kappa shape index (κ3) is 1.94. The van der Waals surface area contributed by atoms with Crippen molar-refractivity contribution >= 4 is 16.0 Å². The van der Waals surface area contributed by atoms with Gasteiger partial charge < -0.3 is 9.30 Å². The van der Waals surface area contributed by atoms with Crippen LogP contribution in [0, 0.1) is 0 Å². The van der Waals surface area contributed by atoms with Gasteiger partial charge in [-0.3, -0.25) is 0 Å². The van der Waals surface area contributed by atoms with Gasteiger partial charge in [0, 0.05) is 13.2 Å². The molecule has 14 heavy (non-hydrogen) atoms. The van der Waals surface area contributed by atoms with Crippen LogP contribution in [0.3, 0.4) is 0 Å². The van der Waals surface area contributed by atoms with Crippen LogP contribution in [-0.4, -0.2) is 26.1 Å². The van der Waals surface area contributed by atoms with Gasteiger partial charge in [0.05, 0.1) is 12.7 Å². The number of aromatic nitrogens is 1. The summed E-state index contributed by atoms with van der Waals surface area (Å²) in [5, 5.41) is 4.78. The molecule has 0 saturated heterocycles. The maximum Gasteiger partial charge on any atom is 0.339 e. The second-order valence-electron chi connectivity index (χ2n) is 2.71. The summed E-state index contributed by atoms with van der Waals surface area (Å²) in [7, 11) is -1.11. The van der Waals surface area contributed by atoms with Crippen molar-refractivity contribution in [2.75, 3.05) is 7.11 Å². The summed E-state index contributed by atoms with van der Waals surface area (Å²) in [6.45, 7) is 0. The van der Waals surface area contributed by atoms with Crippen LogP contribution in [0.25, 0.3) is 0 Å². The van der Waals surface area contributed by atoms with Gasteiger partial charge in [-0.05, 0) is 6.07 Å².